The molecular weight excluding hydrogens is 263 g/mol. The van der Waals surface area contributed by atoms with Gasteiger partial charge in [0.1, 0.15) is 11.3 Å². The highest BCUT2D eigenvalue weighted by atomic mass is 19.1. The third-order valence-electron chi connectivity index (χ3n) is 2.51. The number of carboxylic acids is 1. The Bertz CT molecular complexity index is 678. The summed E-state index contributed by atoms with van der Waals surface area (Å²) in [5.74, 6) is -2.52. The fourth-order valence-corrected chi connectivity index (χ4v) is 1.54. The molecule has 1 aromatic carbocycles. The number of carbonyl (C=O) groups is 1. The van der Waals surface area contributed by atoms with Gasteiger partial charge in [-0.05, 0) is 23.8 Å². The maximum Gasteiger partial charge on any atom is 0.338 e. The molecule has 0 radical (unpaired) electrons. The number of aromatic nitrogens is 1. The highest BCUT2D eigenvalue weighted by Crippen LogP contribution is 2.24. The molecule has 0 bridgehead atoms. The Balaban J connectivity index is 2.24. The summed E-state index contributed by atoms with van der Waals surface area (Å²) in [6.45, 7) is 0. The molecule has 1 N–H and O–H groups in total. The third kappa shape index (κ3) is 2.90. The van der Waals surface area contributed by atoms with Crippen molar-refractivity contribution in [1.82, 2.24) is 4.98 Å². The van der Waals surface area contributed by atoms with Gasteiger partial charge in [0.25, 0.3) is 5.88 Å². The van der Waals surface area contributed by atoms with Gasteiger partial charge in [-0.15, -0.1) is 0 Å². The Morgan fingerprint density at radius 1 is 1.35 bits per heavy atom. The molecule has 20 heavy (non-hydrogen) atoms. The van der Waals surface area contributed by atoms with E-state index in [4.69, 9.17) is 15.1 Å². The van der Waals surface area contributed by atoms with E-state index < -0.39 is 23.2 Å². The molecule has 100 valence electrons. The zero-order valence-corrected chi connectivity index (χ0v) is 10.2. The lowest BCUT2D eigenvalue weighted by Crippen LogP contribution is -2.03. The summed E-state index contributed by atoms with van der Waals surface area (Å²) >= 11 is 0. The third-order valence-corrected chi connectivity index (χ3v) is 2.51. The Hall–Kier alpha value is -2.94. The minimum absolute atomic E-state index is 0.265. The highest BCUT2D eigenvalue weighted by Gasteiger charge is 2.16. The summed E-state index contributed by atoms with van der Waals surface area (Å²) in [5, 5.41) is 17.3. The standard InChI is InChI=1S/C14H9FN2O3/c15-12-11(14(18)19)6-8-17-13(12)20-10-3-1-9(2-4-10)5-7-16/h1-4,6,8H,5H2,(H,18,19). The van der Waals surface area contributed by atoms with Crippen molar-refractivity contribution >= 4 is 5.97 Å². The van der Waals surface area contributed by atoms with Crippen LogP contribution in [0.15, 0.2) is 36.5 Å². The van der Waals surface area contributed by atoms with Crippen LogP contribution >= 0.6 is 0 Å². The van der Waals surface area contributed by atoms with Gasteiger partial charge in [0.05, 0.1) is 12.5 Å². The van der Waals surface area contributed by atoms with Gasteiger partial charge in [-0.2, -0.15) is 5.26 Å². The molecule has 0 aliphatic carbocycles. The van der Waals surface area contributed by atoms with E-state index in [1.807, 2.05) is 6.07 Å². The molecule has 0 atom stereocenters. The highest BCUT2D eigenvalue weighted by molar-refractivity contribution is 5.88. The minimum atomic E-state index is -1.39. The van der Waals surface area contributed by atoms with Gasteiger partial charge in [-0.25, -0.2) is 14.2 Å². The first-order valence-electron chi connectivity index (χ1n) is 5.63. The second kappa shape index (κ2) is 5.80. The van der Waals surface area contributed by atoms with E-state index in [0.717, 1.165) is 17.8 Å². The fraction of sp³-hybridized carbons (Fsp3) is 0.0714. The molecule has 0 spiro atoms. The summed E-state index contributed by atoms with van der Waals surface area (Å²) in [4.78, 5) is 14.5. The second-order valence-corrected chi connectivity index (χ2v) is 3.86. The molecule has 1 aromatic heterocycles. The van der Waals surface area contributed by atoms with Gasteiger partial charge >= 0.3 is 5.97 Å². The molecule has 0 aliphatic heterocycles. The van der Waals surface area contributed by atoms with Crippen molar-refractivity contribution in [2.75, 3.05) is 0 Å². The van der Waals surface area contributed by atoms with Crippen molar-refractivity contribution in [1.29, 1.82) is 5.26 Å². The number of ether oxygens (including phenoxy) is 1. The van der Waals surface area contributed by atoms with Crippen LogP contribution in [-0.2, 0) is 6.42 Å². The lowest BCUT2D eigenvalue weighted by atomic mass is 10.2. The summed E-state index contributed by atoms with van der Waals surface area (Å²) in [6, 6.07) is 9.50. The van der Waals surface area contributed by atoms with E-state index in [2.05, 4.69) is 4.98 Å². The van der Waals surface area contributed by atoms with Crippen LogP contribution in [0.3, 0.4) is 0 Å². The quantitative estimate of drug-likeness (QED) is 0.925. The van der Waals surface area contributed by atoms with Crippen LogP contribution in [0.5, 0.6) is 11.6 Å². The van der Waals surface area contributed by atoms with E-state index in [0.29, 0.717) is 5.75 Å². The van der Waals surface area contributed by atoms with Gasteiger partial charge < -0.3 is 9.84 Å². The predicted molar refractivity (Wildman–Crippen MR) is 67.0 cm³/mol. The molecule has 0 aliphatic rings. The van der Waals surface area contributed by atoms with E-state index in [1.165, 1.54) is 0 Å². The van der Waals surface area contributed by atoms with Crippen LogP contribution in [0.2, 0.25) is 0 Å². The number of halogens is 1. The zero-order chi connectivity index (χ0) is 14.5. The Morgan fingerprint density at radius 2 is 2.05 bits per heavy atom. The lowest BCUT2D eigenvalue weighted by molar-refractivity contribution is 0.0690. The largest absolute Gasteiger partial charge is 0.478 e. The number of benzene rings is 1. The monoisotopic (exact) mass is 272 g/mol. The summed E-state index contributed by atoms with van der Waals surface area (Å²) in [5.41, 5.74) is 0.295. The Morgan fingerprint density at radius 3 is 2.65 bits per heavy atom. The normalized spacial score (nSPS) is 9.80. The van der Waals surface area contributed by atoms with Crippen LogP contribution in [-0.4, -0.2) is 16.1 Å². The number of rotatable bonds is 4. The molecular formula is C14H9FN2O3. The summed E-state index contributed by atoms with van der Waals surface area (Å²) < 4.78 is 19.0. The smallest absolute Gasteiger partial charge is 0.338 e. The predicted octanol–water partition coefficient (Wildman–Crippen LogP) is 2.78. The molecule has 0 saturated carbocycles. The van der Waals surface area contributed by atoms with Crippen LogP contribution < -0.4 is 4.74 Å². The molecule has 0 unspecified atom stereocenters. The number of hydrogen-bond donors (Lipinski definition) is 1. The van der Waals surface area contributed by atoms with Crippen molar-refractivity contribution in [3.8, 4) is 17.7 Å². The van der Waals surface area contributed by atoms with Crippen molar-refractivity contribution < 1.29 is 19.0 Å². The first-order valence-corrected chi connectivity index (χ1v) is 5.63. The van der Waals surface area contributed by atoms with Gasteiger partial charge in [0, 0.05) is 6.20 Å². The van der Waals surface area contributed by atoms with Crippen LogP contribution in [0.1, 0.15) is 15.9 Å². The number of pyridine rings is 1. The maximum absolute atomic E-state index is 13.8. The Kier molecular flexibility index (Phi) is 3.91. The van der Waals surface area contributed by atoms with Gasteiger partial charge in [-0.1, -0.05) is 12.1 Å². The van der Waals surface area contributed by atoms with Gasteiger partial charge in [0.15, 0.2) is 5.82 Å². The first kappa shape index (κ1) is 13.5. The number of nitrogens with zero attached hydrogens (tertiary/aromatic N) is 2. The molecule has 0 saturated heterocycles. The lowest BCUT2D eigenvalue weighted by Gasteiger charge is -2.07. The molecule has 5 nitrogen and oxygen atoms in total. The van der Waals surface area contributed by atoms with Crippen molar-refractivity contribution in [2.24, 2.45) is 0 Å². The van der Waals surface area contributed by atoms with Crippen LogP contribution in [0.4, 0.5) is 4.39 Å². The molecule has 6 heteroatoms. The molecule has 2 rings (SSSR count). The van der Waals surface area contributed by atoms with Crippen molar-refractivity contribution in [3.63, 3.8) is 0 Å². The first-order chi connectivity index (χ1) is 9.61. The fourth-order valence-electron chi connectivity index (χ4n) is 1.54. The number of hydrogen-bond acceptors (Lipinski definition) is 4. The van der Waals surface area contributed by atoms with E-state index in [1.54, 1.807) is 24.3 Å². The summed E-state index contributed by atoms with van der Waals surface area (Å²) in [6.07, 6.45) is 1.42. The maximum atomic E-state index is 13.8. The Labute approximate surface area is 113 Å². The molecule has 1 heterocycles. The minimum Gasteiger partial charge on any atom is -0.478 e. The van der Waals surface area contributed by atoms with E-state index >= 15 is 0 Å². The average molecular weight is 272 g/mol. The topological polar surface area (TPSA) is 83.2 Å². The van der Waals surface area contributed by atoms with Crippen LogP contribution in [0.25, 0.3) is 0 Å². The average Bonchev–Trinajstić information content (AvgIpc) is 2.43. The molecule has 2 aromatic rings. The molecule has 0 amide bonds. The van der Waals surface area contributed by atoms with E-state index in [-0.39, 0.29) is 6.42 Å². The number of nitriles is 1. The SMILES string of the molecule is N#CCc1ccc(Oc2nccc(C(=O)O)c2F)cc1. The molecule has 0 fully saturated rings. The van der Waals surface area contributed by atoms with Gasteiger partial charge in [0.2, 0.25) is 0 Å². The van der Waals surface area contributed by atoms with Gasteiger partial charge in [-0.3, -0.25) is 0 Å². The van der Waals surface area contributed by atoms with E-state index in [9.17, 15) is 9.18 Å². The number of carboxylic acid groups (broad SMARTS) is 1. The number of aromatic carboxylic acids is 1. The summed E-state index contributed by atoms with van der Waals surface area (Å²) in [7, 11) is 0. The second-order valence-electron chi connectivity index (χ2n) is 3.86. The van der Waals surface area contributed by atoms with Crippen molar-refractivity contribution in [3.05, 3.63) is 53.5 Å². The zero-order valence-electron chi connectivity index (χ0n) is 10.2. The van der Waals surface area contributed by atoms with Crippen molar-refractivity contribution in [2.45, 2.75) is 6.42 Å². The van der Waals surface area contributed by atoms with Crippen LogP contribution in [0, 0.1) is 17.1 Å².